The molecule has 2 amide bonds. The summed E-state index contributed by atoms with van der Waals surface area (Å²) in [4.78, 5) is 28.5. The van der Waals surface area contributed by atoms with E-state index in [4.69, 9.17) is 13.9 Å². The summed E-state index contributed by atoms with van der Waals surface area (Å²) in [5, 5.41) is 12.9. The van der Waals surface area contributed by atoms with E-state index < -0.39 is 20.0 Å². The van der Waals surface area contributed by atoms with Crippen LogP contribution in [0.5, 0.6) is 11.5 Å². The van der Waals surface area contributed by atoms with Gasteiger partial charge in [-0.1, -0.05) is 41.5 Å². The lowest BCUT2D eigenvalue weighted by Gasteiger charge is -2.42. The highest BCUT2D eigenvalue weighted by Crippen LogP contribution is 2.47. The highest BCUT2D eigenvalue weighted by atomic mass is 28.4. The third-order valence-corrected chi connectivity index (χ3v) is 13.9. The molecule has 0 unspecified atom stereocenters. The second-order valence-corrected chi connectivity index (χ2v) is 18.2. The summed E-state index contributed by atoms with van der Waals surface area (Å²) in [6.07, 6.45) is 4.10. The van der Waals surface area contributed by atoms with Crippen LogP contribution in [-0.2, 0) is 4.74 Å². The van der Waals surface area contributed by atoms with Crippen LogP contribution in [-0.4, -0.2) is 55.7 Å². The van der Waals surface area contributed by atoms with Gasteiger partial charge in [-0.2, -0.15) is 0 Å². The van der Waals surface area contributed by atoms with E-state index in [0.717, 1.165) is 12.8 Å². The first-order valence-electron chi connectivity index (χ1n) is 14.2. The molecular weight excluding hydrogens is 512 g/mol. The molecule has 1 aliphatic carbocycles. The molecule has 0 aromatic heterocycles. The maximum atomic E-state index is 14.0. The summed E-state index contributed by atoms with van der Waals surface area (Å²) in [5.41, 5.74) is 1.95. The first kappa shape index (κ1) is 31.0. The molecule has 8 nitrogen and oxygen atoms in total. The van der Waals surface area contributed by atoms with Crippen molar-refractivity contribution >= 4 is 26.0 Å². The maximum Gasteiger partial charge on any atom is 0.412 e. The quantitative estimate of drug-likeness (QED) is 0.296. The van der Waals surface area contributed by atoms with Crippen LogP contribution in [0.15, 0.2) is 23.9 Å². The molecule has 1 saturated carbocycles. The van der Waals surface area contributed by atoms with E-state index in [2.05, 4.69) is 46.9 Å². The highest BCUT2D eigenvalue weighted by molar-refractivity contribution is 6.78. The van der Waals surface area contributed by atoms with Crippen LogP contribution in [0, 0.1) is 5.92 Å². The zero-order valence-corrected chi connectivity index (χ0v) is 26.4. The number of rotatable bonds is 10. The number of methoxy groups -OCH3 is 1. The van der Waals surface area contributed by atoms with E-state index in [0.29, 0.717) is 40.5 Å². The number of carbonyl (C=O) groups excluding carboxylic acids is 2. The van der Waals surface area contributed by atoms with Crippen molar-refractivity contribution in [3.8, 4) is 11.5 Å². The molecule has 1 heterocycles. The number of carbonyl (C=O) groups is 2. The monoisotopic (exact) mass is 560 g/mol. The Bertz CT molecular complexity index is 1070. The summed E-state index contributed by atoms with van der Waals surface area (Å²) in [6, 6.07) is 3.00. The van der Waals surface area contributed by atoms with Crippen LogP contribution in [0.3, 0.4) is 0 Å². The fraction of sp³-hybridized carbons (Fsp3) is 0.667. The number of nitrogens with zero attached hydrogens (tertiary/aromatic N) is 1. The number of ether oxygens (including phenoxy) is 2. The van der Waals surface area contributed by atoms with Crippen LogP contribution in [0.2, 0.25) is 16.6 Å². The molecule has 0 radical (unpaired) electrons. The smallest absolute Gasteiger partial charge is 0.412 e. The predicted molar refractivity (Wildman–Crippen MR) is 157 cm³/mol. The molecule has 1 aromatic rings. The molecule has 9 heteroatoms. The van der Waals surface area contributed by atoms with Crippen molar-refractivity contribution < 1.29 is 28.6 Å². The fourth-order valence-electron chi connectivity index (χ4n) is 5.99. The van der Waals surface area contributed by atoms with Crippen molar-refractivity contribution in [2.24, 2.45) is 5.92 Å². The van der Waals surface area contributed by atoms with Crippen molar-refractivity contribution in [1.29, 1.82) is 0 Å². The van der Waals surface area contributed by atoms with Crippen molar-refractivity contribution in [2.45, 2.75) is 110 Å². The number of hydrogen-bond acceptors (Lipinski definition) is 6. The van der Waals surface area contributed by atoms with Gasteiger partial charge in [0, 0.05) is 12.3 Å². The van der Waals surface area contributed by atoms with Gasteiger partial charge in [-0.25, -0.2) is 4.79 Å². The number of anilines is 1. The number of aliphatic hydroxyl groups excluding tert-OH is 1. The summed E-state index contributed by atoms with van der Waals surface area (Å²) < 4.78 is 18.2. The Balaban J connectivity index is 2.12. The maximum absolute atomic E-state index is 14.0. The van der Waals surface area contributed by atoms with Gasteiger partial charge in [0.05, 0.1) is 31.0 Å². The zero-order valence-electron chi connectivity index (χ0n) is 25.4. The van der Waals surface area contributed by atoms with Gasteiger partial charge in [-0.15, -0.1) is 0 Å². The lowest BCUT2D eigenvalue weighted by atomic mass is 10.1. The largest absolute Gasteiger partial charge is 0.540 e. The van der Waals surface area contributed by atoms with Crippen LogP contribution in [0.25, 0.3) is 0 Å². The molecular formula is C30H48N2O6Si. The van der Waals surface area contributed by atoms with E-state index in [1.54, 1.807) is 44.9 Å². The molecule has 1 fully saturated rings. The Labute approximate surface area is 235 Å². The molecule has 0 spiro atoms. The Morgan fingerprint density at radius 2 is 1.64 bits per heavy atom. The second-order valence-electron chi connectivity index (χ2n) is 12.8. The van der Waals surface area contributed by atoms with Gasteiger partial charge < -0.3 is 23.9 Å². The molecule has 3 rings (SSSR count). The third kappa shape index (κ3) is 6.80. The zero-order chi connectivity index (χ0) is 29.3. The average Bonchev–Trinajstić information content (AvgIpc) is 3.58. The Morgan fingerprint density at radius 1 is 1.05 bits per heavy atom. The second kappa shape index (κ2) is 11.9. The number of nitrogens with one attached hydrogen (secondary N) is 1. The van der Waals surface area contributed by atoms with Gasteiger partial charge in [0.25, 0.3) is 14.2 Å². The van der Waals surface area contributed by atoms with Gasteiger partial charge in [-0.05, 0) is 74.2 Å². The topological polar surface area (TPSA) is 97.3 Å². The van der Waals surface area contributed by atoms with Crippen LogP contribution < -0.4 is 14.5 Å². The van der Waals surface area contributed by atoms with Crippen LogP contribution in [0.1, 0.15) is 91.9 Å². The Hall–Kier alpha value is -2.52. The molecule has 1 atom stereocenters. The van der Waals surface area contributed by atoms with E-state index in [9.17, 15) is 14.7 Å². The van der Waals surface area contributed by atoms with Crippen molar-refractivity contribution in [2.75, 3.05) is 19.0 Å². The minimum absolute atomic E-state index is 0.142. The van der Waals surface area contributed by atoms with Gasteiger partial charge in [0.15, 0.2) is 5.75 Å². The lowest BCUT2D eigenvalue weighted by Crippen LogP contribution is -2.50. The van der Waals surface area contributed by atoms with E-state index in [1.807, 2.05) is 6.20 Å². The molecule has 1 aromatic carbocycles. The van der Waals surface area contributed by atoms with E-state index >= 15 is 0 Å². The fourth-order valence-corrected chi connectivity index (χ4v) is 11.2. The minimum atomic E-state index is -2.38. The first-order valence-corrected chi connectivity index (χ1v) is 16.3. The van der Waals surface area contributed by atoms with Crippen LogP contribution >= 0.6 is 0 Å². The highest BCUT2D eigenvalue weighted by Gasteiger charge is 2.47. The summed E-state index contributed by atoms with van der Waals surface area (Å²) in [7, 11) is -0.827. The van der Waals surface area contributed by atoms with Crippen molar-refractivity contribution in [1.82, 2.24) is 4.90 Å². The van der Waals surface area contributed by atoms with Gasteiger partial charge in [-0.3, -0.25) is 10.1 Å². The van der Waals surface area contributed by atoms with E-state index in [1.165, 1.54) is 5.57 Å². The predicted octanol–water partition coefficient (Wildman–Crippen LogP) is 7.10. The van der Waals surface area contributed by atoms with Gasteiger partial charge in [0.1, 0.15) is 11.4 Å². The molecule has 39 heavy (non-hydrogen) atoms. The van der Waals surface area contributed by atoms with Gasteiger partial charge in [0.2, 0.25) is 0 Å². The average molecular weight is 561 g/mol. The Kier molecular flexibility index (Phi) is 9.48. The SMILES string of the molecule is COc1cc(C(=O)N2C=C(C3CC3)C[C@H]2CO)c(NC(=O)OC(C)(C)C)cc1O[Si](C(C)C)(C(C)C)C(C)C. The Morgan fingerprint density at radius 3 is 2.10 bits per heavy atom. The van der Waals surface area contributed by atoms with Crippen LogP contribution in [0.4, 0.5) is 10.5 Å². The van der Waals surface area contributed by atoms with Gasteiger partial charge >= 0.3 is 6.09 Å². The first-order chi connectivity index (χ1) is 18.1. The van der Waals surface area contributed by atoms with Crippen molar-refractivity contribution in [3.63, 3.8) is 0 Å². The number of benzene rings is 1. The third-order valence-electron chi connectivity index (χ3n) is 7.88. The molecule has 2 aliphatic rings. The van der Waals surface area contributed by atoms with Crippen molar-refractivity contribution in [3.05, 3.63) is 29.5 Å². The lowest BCUT2D eigenvalue weighted by molar-refractivity contribution is 0.0636. The number of aliphatic hydroxyl groups is 1. The molecule has 1 aliphatic heterocycles. The molecule has 218 valence electrons. The molecule has 0 saturated heterocycles. The molecule has 2 N–H and O–H groups in total. The number of amides is 2. The summed E-state index contributed by atoms with van der Waals surface area (Å²) >= 11 is 0. The summed E-state index contributed by atoms with van der Waals surface area (Å²) in [6.45, 7) is 18.4. The van der Waals surface area contributed by atoms with E-state index in [-0.39, 0.29) is 29.8 Å². The normalized spacial score (nSPS) is 18.1. The number of hydrogen-bond donors (Lipinski definition) is 2. The standard InChI is InChI=1S/C30H48N2O6Si/c1-18(2)39(19(3)4,20(5)6)38-27-15-25(31-29(35)37-30(7,8)9)24(14-26(27)36-10)28(34)32-16-22(21-11-12-21)13-23(32)17-33/h14-16,18-21,23,33H,11-13,17H2,1-10H3,(H,31,35)/t23-/m0/s1. The molecule has 0 bridgehead atoms. The summed E-state index contributed by atoms with van der Waals surface area (Å²) in [5.74, 6) is 1.10. The minimum Gasteiger partial charge on any atom is -0.540 e.